The van der Waals surface area contributed by atoms with Crippen molar-refractivity contribution in [1.29, 1.82) is 0 Å². The molecule has 0 radical (unpaired) electrons. The number of methoxy groups -OCH3 is 2. The van der Waals surface area contributed by atoms with Crippen LogP contribution in [0.5, 0.6) is 11.5 Å². The second-order valence-corrected chi connectivity index (χ2v) is 4.79. The van der Waals surface area contributed by atoms with Crippen molar-refractivity contribution in [2.45, 2.75) is 6.42 Å². The van der Waals surface area contributed by atoms with Gasteiger partial charge < -0.3 is 14.8 Å². The van der Waals surface area contributed by atoms with Crippen molar-refractivity contribution in [3.63, 3.8) is 0 Å². The van der Waals surface area contributed by atoms with E-state index in [0.29, 0.717) is 13.0 Å². The van der Waals surface area contributed by atoms with E-state index in [2.05, 4.69) is 5.32 Å². The fourth-order valence-electron chi connectivity index (χ4n) is 2.16. The predicted molar refractivity (Wildman–Crippen MR) is 84.8 cm³/mol. The Balaban J connectivity index is 2.11. The lowest BCUT2D eigenvalue weighted by atomic mass is 10.1. The first kappa shape index (κ1) is 16.5. The van der Waals surface area contributed by atoms with Gasteiger partial charge in [0.25, 0.3) is 5.69 Å². The van der Waals surface area contributed by atoms with E-state index in [9.17, 15) is 14.5 Å². The molecular weight excluding hydrogens is 303 g/mol. The van der Waals surface area contributed by atoms with Crippen LogP contribution in [0.1, 0.15) is 5.56 Å². The molecule has 7 heteroatoms. The highest BCUT2D eigenvalue weighted by atomic mass is 19.1. The molecule has 2 aromatic rings. The first-order valence-electron chi connectivity index (χ1n) is 6.94. The Kier molecular flexibility index (Phi) is 5.35. The van der Waals surface area contributed by atoms with Gasteiger partial charge in [-0.1, -0.05) is 12.1 Å². The molecule has 0 fully saturated rings. The Morgan fingerprint density at radius 2 is 2.00 bits per heavy atom. The molecule has 6 nitrogen and oxygen atoms in total. The van der Waals surface area contributed by atoms with Crippen molar-refractivity contribution < 1.29 is 18.8 Å². The van der Waals surface area contributed by atoms with Gasteiger partial charge in [0.1, 0.15) is 11.4 Å². The van der Waals surface area contributed by atoms with E-state index in [1.807, 2.05) is 24.3 Å². The van der Waals surface area contributed by atoms with Crippen molar-refractivity contribution in [3.8, 4) is 11.5 Å². The van der Waals surface area contributed by atoms with Crippen molar-refractivity contribution in [2.24, 2.45) is 0 Å². The zero-order valence-electron chi connectivity index (χ0n) is 12.8. The summed E-state index contributed by atoms with van der Waals surface area (Å²) in [6, 6.07) is 9.68. The van der Waals surface area contributed by atoms with Gasteiger partial charge in [-0.2, -0.15) is 0 Å². The topological polar surface area (TPSA) is 73.6 Å². The van der Waals surface area contributed by atoms with Gasteiger partial charge in [0.05, 0.1) is 25.2 Å². The highest BCUT2D eigenvalue weighted by Crippen LogP contribution is 2.31. The number of nitro groups is 1. The summed E-state index contributed by atoms with van der Waals surface area (Å²) in [5.41, 5.74) is 0.915. The quantitative estimate of drug-likeness (QED) is 0.625. The minimum Gasteiger partial charge on any atom is -0.497 e. The van der Waals surface area contributed by atoms with Crippen LogP contribution in [0.2, 0.25) is 0 Å². The molecule has 0 bridgehead atoms. The van der Waals surface area contributed by atoms with Crippen LogP contribution in [0, 0.1) is 15.9 Å². The summed E-state index contributed by atoms with van der Waals surface area (Å²) >= 11 is 0. The summed E-state index contributed by atoms with van der Waals surface area (Å²) in [5.74, 6) is -0.0611. The van der Waals surface area contributed by atoms with Crippen LogP contribution in [0.25, 0.3) is 0 Å². The lowest BCUT2D eigenvalue weighted by molar-refractivity contribution is -0.384. The number of ether oxygens (including phenoxy) is 2. The third-order valence-corrected chi connectivity index (χ3v) is 3.33. The summed E-state index contributed by atoms with van der Waals surface area (Å²) in [4.78, 5) is 10.4. The molecule has 2 rings (SSSR count). The largest absolute Gasteiger partial charge is 0.497 e. The second-order valence-electron chi connectivity index (χ2n) is 4.79. The van der Waals surface area contributed by atoms with E-state index in [4.69, 9.17) is 9.47 Å². The number of halogens is 1. The molecule has 1 N–H and O–H groups in total. The number of benzene rings is 2. The first-order valence-corrected chi connectivity index (χ1v) is 6.94. The predicted octanol–water partition coefficient (Wildman–Crippen LogP) is 3.41. The zero-order chi connectivity index (χ0) is 16.8. The lowest BCUT2D eigenvalue weighted by Gasteiger charge is -2.10. The molecule has 0 amide bonds. The third kappa shape index (κ3) is 4.09. The number of rotatable bonds is 7. The van der Waals surface area contributed by atoms with E-state index < -0.39 is 10.7 Å². The molecule has 0 aliphatic heterocycles. The molecule has 0 aliphatic rings. The second kappa shape index (κ2) is 7.44. The molecule has 122 valence electrons. The molecule has 0 aromatic heterocycles. The molecule has 0 atom stereocenters. The van der Waals surface area contributed by atoms with Gasteiger partial charge in [0.2, 0.25) is 0 Å². The van der Waals surface area contributed by atoms with Gasteiger partial charge in [-0.25, -0.2) is 4.39 Å². The smallest absolute Gasteiger partial charge is 0.295 e. The van der Waals surface area contributed by atoms with Crippen molar-refractivity contribution in [3.05, 3.63) is 57.9 Å². The van der Waals surface area contributed by atoms with Gasteiger partial charge >= 0.3 is 0 Å². The Hall–Kier alpha value is -2.83. The molecule has 2 aromatic carbocycles. The summed E-state index contributed by atoms with van der Waals surface area (Å²) in [6.07, 6.45) is 0.633. The lowest BCUT2D eigenvalue weighted by Crippen LogP contribution is -2.08. The van der Waals surface area contributed by atoms with Gasteiger partial charge in [-0.15, -0.1) is 0 Å². The average molecular weight is 320 g/mol. The highest BCUT2D eigenvalue weighted by molar-refractivity contribution is 5.64. The van der Waals surface area contributed by atoms with Crippen molar-refractivity contribution in [2.75, 3.05) is 26.1 Å². The molecule has 0 aliphatic carbocycles. The minimum atomic E-state index is -0.766. The van der Waals surface area contributed by atoms with Crippen LogP contribution in [0.15, 0.2) is 36.4 Å². The Bertz CT molecular complexity index is 706. The number of nitro benzene ring substituents is 1. The van der Waals surface area contributed by atoms with E-state index in [1.54, 1.807) is 7.11 Å². The standard InChI is InChI=1S/C16H17FN2O4/c1-22-12-5-3-4-11(8-12)6-7-18-14-10-16(23-2)13(17)9-15(14)19(20)21/h3-5,8-10,18H,6-7H2,1-2H3. The van der Waals surface area contributed by atoms with Crippen molar-refractivity contribution >= 4 is 11.4 Å². The number of nitrogens with one attached hydrogen (secondary N) is 1. The molecule has 0 spiro atoms. The van der Waals surface area contributed by atoms with Crippen LogP contribution in [-0.2, 0) is 6.42 Å². The number of nitrogens with zero attached hydrogens (tertiary/aromatic N) is 1. The summed E-state index contributed by atoms with van der Waals surface area (Å²) in [6.45, 7) is 0.447. The van der Waals surface area contributed by atoms with Crippen LogP contribution in [0.4, 0.5) is 15.8 Å². The van der Waals surface area contributed by atoms with Gasteiger partial charge in [0, 0.05) is 12.6 Å². The first-order chi connectivity index (χ1) is 11.0. The highest BCUT2D eigenvalue weighted by Gasteiger charge is 2.18. The number of anilines is 1. The molecule has 0 saturated heterocycles. The van der Waals surface area contributed by atoms with Gasteiger partial charge in [-0.05, 0) is 24.1 Å². The van der Waals surface area contributed by atoms with Crippen LogP contribution >= 0.6 is 0 Å². The van der Waals surface area contributed by atoms with E-state index >= 15 is 0 Å². The summed E-state index contributed by atoms with van der Waals surface area (Å²) in [7, 11) is 2.90. The number of hydrogen-bond donors (Lipinski definition) is 1. The zero-order valence-corrected chi connectivity index (χ0v) is 12.8. The Morgan fingerprint density at radius 3 is 2.65 bits per heavy atom. The van der Waals surface area contributed by atoms with Gasteiger partial charge in [-0.3, -0.25) is 10.1 Å². The van der Waals surface area contributed by atoms with Crippen LogP contribution in [0.3, 0.4) is 0 Å². The maximum atomic E-state index is 13.6. The monoisotopic (exact) mass is 320 g/mol. The van der Waals surface area contributed by atoms with Crippen LogP contribution < -0.4 is 14.8 Å². The van der Waals surface area contributed by atoms with Crippen LogP contribution in [-0.4, -0.2) is 25.7 Å². The molecule has 0 heterocycles. The van der Waals surface area contributed by atoms with Gasteiger partial charge in [0.15, 0.2) is 11.6 Å². The van der Waals surface area contributed by atoms with E-state index in [-0.39, 0.29) is 17.1 Å². The minimum absolute atomic E-state index is 0.0421. The normalized spacial score (nSPS) is 10.2. The third-order valence-electron chi connectivity index (χ3n) is 3.33. The molecular formula is C16H17FN2O4. The van der Waals surface area contributed by atoms with E-state index in [1.165, 1.54) is 13.2 Å². The molecule has 23 heavy (non-hydrogen) atoms. The van der Waals surface area contributed by atoms with Crippen molar-refractivity contribution in [1.82, 2.24) is 0 Å². The maximum Gasteiger partial charge on any atom is 0.295 e. The number of hydrogen-bond acceptors (Lipinski definition) is 5. The fourth-order valence-corrected chi connectivity index (χ4v) is 2.16. The maximum absolute atomic E-state index is 13.6. The fraction of sp³-hybridized carbons (Fsp3) is 0.250. The Morgan fingerprint density at radius 1 is 1.22 bits per heavy atom. The SMILES string of the molecule is COc1cccc(CCNc2cc(OC)c(F)cc2[N+](=O)[O-])c1. The molecule has 0 unspecified atom stereocenters. The van der Waals surface area contributed by atoms with E-state index in [0.717, 1.165) is 17.4 Å². The summed E-state index contributed by atoms with van der Waals surface area (Å²) in [5, 5.41) is 14.0. The summed E-state index contributed by atoms with van der Waals surface area (Å²) < 4.78 is 23.6. The average Bonchev–Trinajstić information content (AvgIpc) is 2.55. The Labute approximate surface area is 133 Å². The molecule has 0 saturated carbocycles.